The third-order valence-corrected chi connectivity index (χ3v) is 6.44. The van der Waals surface area contributed by atoms with Crippen LogP contribution in [0.15, 0.2) is 47.6 Å². The van der Waals surface area contributed by atoms with Crippen LogP contribution in [0.2, 0.25) is 10.0 Å². The summed E-state index contributed by atoms with van der Waals surface area (Å²) in [6, 6.07) is 11.3. The fourth-order valence-electron chi connectivity index (χ4n) is 2.34. The number of hydrogen-bond acceptors (Lipinski definition) is 5. The van der Waals surface area contributed by atoms with Crippen molar-refractivity contribution in [3.63, 3.8) is 0 Å². The molecule has 1 N–H and O–H groups in total. The zero-order valence-electron chi connectivity index (χ0n) is 15.4. The molecular weight excluding hydrogens is 454 g/mol. The van der Waals surface area contributed by atoms with E-state index in [1.165, 1.54) is 23.9 Å². The van der Waals surface area contributed by atoms with Crippen LogP contribution in [0.25, 0.3) is 0 Å². The Morgan fingerprint density at radius 3 is 2.62 bits per heavy atom. The Bertz CT molecular complexity index is 998. The molecule has 1 amide bonds. The van der Waals surface area contributed by atoms with Crippen LogP contribution in [-0.4, -0.2) is 26.4 Å². The molecular formula is C19H17Cl2FN4OS2. The molecule has 0 aliphatic rings. The van der Waals surface area contributed by atoms with Gasteiger partial charge in [-0.3, -0.25) is 4.79 Å². The minimum absolute atomic E-state index is 0.174. The van der Waals surface area contributed by atoms with Gasteiger partial charge in [0.2, 0.25) is 5.91 Å². The first-order valence-electron chi connectivity index (χ1n) is 8.50. The van der Waals surface area contributed by atoms with Crippen LogP contribution in [0.1, 0.15) is 11.4 Å². The molecule has 0 aliphatic heterocycles. The molecule has 0 unspecified atom stereocenters. The normalized spacial score (nSPS) is 10.9. The van der Waals surface area contributed by atoms with Crippen LogP contribution < -0.4 is 5.32 Å². The predicted octanol–water partition coefficient (Wildman–Crippen LogP) is 5.43. The number of benzene rings is 2. The summed E-state index contributed by atoms with van der Waals surface area (Å²) in [5.74, 6) is 1.95. The lowest BCUT2D eigenvalue weighted by atomic mass is 10.2. The maximum absolute atomic E-state index is 12.9. The van der Waals surface area contributed by atoms with Gasteiger partial charge in [0.05, 0.1) is 22.2 Å². The van der Waals surface area contributed by atoms with Gasteiger partial charge in [0.1, 0.15) is 11.6 Å². The van der Waals surface area contributed by atoms with Crippen molar-refractivity contribution in [3.05, 3.63) is 69.7 Å². The van der Waals surface area contributed by atoms with E-state index in [1.807, 2.05) is 11.6 Å². The van der Waals surface area contributed by atoms with Gasteiger partial charge in [0.15, 0.2) is 5.16 Å². The molecule has 0 spiro atoms. The number of carbonyl (C=O) groups is 1. The Kier molecular flexibility index (Phi) is 7.83. The van der Waals surface area contributed by atoms with E-state index in [4.69, 9.17) is 23.2 Å². The zero-order valence-corrected chi connectivity index (χ0v) is 18.5. The largest absolute Gasteiger partial charge is 0.324 e. The van der Waals surface area contributed by atoms with Crippen molar-refractivity contribution in [1.82, 2.24) is 14.8 Å². The fraction of sp³-hybridized carbons (Fsp3) is 0.211. The number of thioether (sulfide) groups is 2. The van der Waals surface area contributed by atoms with Crippen LogP contribution in [0, 0.1) is 5.82 Å². The summed E-state index contributed by atoms with van der Waals surface area (Å²) in [6.07, 6.45) is 0. The summed E-state index contributed by atoms with van der Waals surface area (Å²) in [4.78, 5) is 12.2. The number of nitrogens with zero attached hydrogens (tertiary/aromatic N) is 3. The molecule has 0 radical (unpaired) electrons. The average molecular weight is 471 g/mol. The second-order valence-electron chi connectivity index (χ2n) is 6.04. The molecule has 0 atom stereocenters. The number of hydrogen-bond donors (Lipinski definition) is 1. The summed E-state index contributed by atoms with van der Waals surface area (Å²) >= 11 is 14.9. The van der Waals surface area contributed by atoms with Crippen LogP contribution in [0.3, 0.4) is 0 Å². The van der Waals surface area contributed by atoms with Gasteiger partial charge in [-0.05, 0) is 35.9 Å². The van der Waals surface area contributed by atoms with Crippen LogP contribution in [-0.2, 0) is 23.3 Å². The number of carbonyl (C=O) groups excluding carboxylic acids is 1. The molecule has 0 bridgehead atoms. The van der Waals surface area contributed by atoms with E-state index >= 15 is 0 Å². The molecule has 1 heterocycles. The van der Waals surface area contributed by atoms with Crippen molar-refractivity contribution in [2.24, 2.45) is 7.05 Å². The van der Waals surface area contributed by atoms with E-state index in [-0.39, 0.29) is 17.5 Å². The molecule has 0 saturated heterocycles. The van der Waals surface area contributed by atoms with Gasteiger partial charge in [-0.15, -0.1) is 22.0 Å². The third-order valence-electron chi connectivity index (χ3n) is 3.88. The quantitative estimate of drug-likeness (QED) is 0.445. The molecule has 10 heteroatoms. The molecule has 0 saturated carbocycles. The molecule has 0 aliphatic carbocycles. The molecule has 2 aromatic carbocycles. The molecule has 0 fully saturated rings. The van der Waals surface area contributed by atoms with Gasteiger partial charge < -0.3 is 9.88 Å². The van der Waals surface area contributed by atoms with E-state index in [2.05, 4.69) is 15.5 Å². The zero-order chi connectivity index (χ0) is 20.8. The second kappa shape index (κ2) is 10.3. The maximum atomic E-state index is 12.9. The SMILES string of the molecule is Cn1c(CSCc2ccc(F)cc2)nnc1SCC(=O)Nc1ccc(Cl)cc1Cl. The van der Waals surface area contributed by atoms with E-state index in [0.717, 1.165) is 17.1 Å². The third kappa shape index (κ3) is 6.37. The number of nitrogens with one attached hydrogen (secondary N) is 1. The highest BCUT2D eigenvalue weighted by molar-refractivity contribution is 7.99. The lowest BCUT2D eigenvalue weighted by Crippen LogP contribution is -2.14. The summed E-state index contributed by atoms with van der Waals surface area (Å²) in [7, 11) is 1.87. The van der Waals surface area contributed by atoms with E-state index in [1.54, 1.807) is 42.1 Å². The first kappa shape index (κ1) is 22.0. The van der Waals surface area contributed by atoms with Gasteiger partial charge in [-0.25, -0.2) is 4.39 Å². The molecule has 1 aromatic heterocycles. The summed E-state index contributed by atoms with van der Waals surface area (Å²) in [5, 5.41) is 12.6. The van der Waals surface area contributed by atoms with Gasteiger partial charge in [0.25, 0.3) is 0 Å². The van der Waals surface area contributed by atoms with E-state index in [0.29, 0.717) is 26.6 Å². The highest BCUT2D eigenvalue weighted by Crippen LogP contribution is 2.26. The highest BCUT2D eigenvalue weighted by atomic mass is 35.5. The van der Waals surface area contributed by atoms with Crippen molar-refractivity contribution in [2.45, 2.75) is 16.7 Å². The Hall–Kier alpha value is -1.74. The van der Waals surface area contributed by atoms with Crippen LogP contribution in [0.5, 0.6) is 0 Å². The number of amides is 1. The number of halogens is 3. The monoisotopic (exact) mass is 470 g/mol. The fourth-order valence-corrected chi connectivity index (χ4v) is 4.49. The minimum Gasteiger partial charge on any atom is -0.324 e. The van der Waals surface area contributed by atoms with Gasteiger partial charge >= 0.3 is 0 Å². The Morgan fingerprint density at radius 2 is 1.90 bits per heavy atom. The average Bonchev–Trinajstić information content (AvgIpc) is 3.04. The Morgan fingerprint density at radius 1 is 1.14 bits per heavy atom. The first-order chi connectivity index (χ1) is 13.9. The Balaban J connectivity index is 1.48. The smallest absolute Gasteiger partial charge is 0.234 e. The first-order valence-corrected chi connectivity index (χ1v) is 11.4. The van der Waals surface area contributed by atoms with Crippen molar-refractivity contribution in [3.8, 4) is 0 Å². The molecule has 152 valence electrons. The highest BCUT2D eigenvalue weighted by Gasteiger charge is 2.13. The van der Waals surface area contributed by atoms with Crippen molar-refractivity contribution < 1.29 is 9.18 Å². The summed E-state index contributed by atoms with van der Waals surface area (Å²) in [5.41, 5.74) is 1.56. The number of aromatic nitrogens is 3. The second-order valence-corrected chi connectivity index (χ2v) is 8.81. The minimum atomic E-state index is -0.240. The van der Waals surface area contributed by atoms with E-state index in [9.17, 15) is 9.18 Å². The van der Waals surface area contributed by atoms with Gasteiger partial charge in [-0.1, -0.05) is 47.1 Å². The summed E-state index contributed by atoms with van der Waals surface area (Å²) < 4.78 is 14.8. The van der Waals surface area contributed by atoms with Crippen molar-refractivity contribution in [2.75, 3.05) is 11.1 Å². The molecule has 3 aromatic rings. The standard InChI is InChI=1S/C19H17Cl2FN4OS2/c1-26-17(10-28-9-12-2-5-14(22)6-3-12)24-25-19(26)29-11-18(27)23-16-7-4-13(20)8-15(16)21/h2-8H,9-11H2,1H3,(H,23,27). The van der Waals surface area contributed by atoms with Crippen molar-refractivity contribution in [1.29, 1.82) is 0 Å². The van der Waals surface area contributed by atoms with Crippen LogP contribution in [0.4, 0.5) is 10.1 Å². The van der Waals surface area contributed by atoms with Crippen LogP contribution >= 0.6 is 46.7 Å². The topological polar surface area (TPSA) is 59.8 Å². The van der Waals surface area contributed by atoms with E-state index < -0.39 is 0 Å². The van der Waals surface area contributed by atoms with Gasteiger partial charge in [-0.2, -0.15) is 0 Å². The number of anilines is 1. The van der Waals surface area contributed by atoms with Gasteiger partial charge in [0, 0.05) is 17.8 Å². The summed E-state index contributed by atoms with van der Waals surface area (Å²) in [6.45, 7) is 0. The van der Waals surface area contributed by atoms with Crippen molar-refractivity contribution >= 4 is 58.3 Å². The predicted molar refractivity (Wildman–Crippen MR) is 118 cm³/mol. The number of rotatable bonds is 8. The maximum Gasteiger partial charge on any atom is 0.234 e. The molecule has 3 rings (SSSR count). The molecule has 5 nitrogen and oxygen atoms in total. The Labute approximate surface area is 186 Å². The lowest BCUT2D eigenvalue weighted by Gasteiger charge is -2.07. The lowest BCUT2D eigenvalue weighted by molar-refractivity contribution is -0.113. The molecule has 29 heavy (non-hydrogen) atoms.